The molecule has 0 bridgehead atoms. The van der Waals surface area contributed by atoms with Crippen molar-refractivity contribution < 1.29 is 4.79 Å². The number of likely N-dealkylation sites (tertiary alicyclic amines) is 1. The van der Waals surface area contributed by atoms with E-state index < -0.39 is 0 Å². The highest BCUT2D eigenvalue weighted by Crippen LogP contribution is 2.18. The molecule has 3 aliphatic rings. The van der Waals surface area contributed by atoms with Gasteiger partial charge in [0.2, 0.25) is 5.91 Å². The molecule has 1 unspecified atom stereocenters. The van der Waals surface area contributed by atoms with Gasteiger partial charge in [-0.1, -0.05) is 6.42 Å². The predicted molar refractivity (Wildman–Crippen MR) is 93.5 cm³/mol. The van der Waals surface area contributed by atoms with E-state index in [0.717, 1.165) is 51.6 Å². The third-order valence-electron chi connectivity index (χ3n) is 5.99. The molecular formula is C18H34N4O. The minimum atomic E-state index is 0.375. The fraction of sp³-hybridized carbons (Fsp3) is 0.944. The van der Waals surface area contributed by atoms with Crippen LogP contribution in [0.25, 0.3) is 0 Å². The van der Waals surface area contributed by atoms with Crippen LogP contribution in [0.15, 0.2) is 0 Å². The smallest absolute Gasteiger partial charge is 0.222 e. The van der Waals surface area contributed by atoms with Gasteiger partial charge in [0.25, 0.3) is 0 Å². The van der Waals surface area contributed by atoms with Gasteiger partial charge in [-0.15, -0.1) is 0 Å². The Labute approximate surface area is 141 Å². The molecule has 3 heterocycles. The van der Waals surface area contributed by atoms with Crippen LogP contribution >= 0.6 is 0 Å². The first-order valence-electron chi connectivity index (χ1n) is 9.66. The summed E-state index contributed by atoms with van der Waals surface area (Å²) in [6.07, 6.45) is 8.19. The van der Waals surface area contributed by atoms with E-state index in [-0.39, 0.29) is 0 Å². The first-order chi connectivity index (χ1) is 11.2. The molecule has 23 heavy (non-hydrogen) atoms. The van der Waals surface area contributed by atoms with Gasteiger partial charge in [-0.25, -0.2) is 0 Å². The Morgan fingerprint density at radius 3 is 2.39 bits per heavy atom. The summed E-state index contributed by atoms with van der Waals surface area (Å²) in [6, 6.07) is 1.32. The quantitative estimate of drug-likeness (QED) is 0.843. The lowest BCUT2D eigenvalue weighted by Crippen LogP contribution is -2.54. The Hall–Kier alpha value is -0.650. The highest BCUT2D eigenvalue weighted by Gasteiger charge is 2.28. The molecule has 1 N–H and O–H groups in total. The molecule has 0 aliphatic carbocycles. The van der Waals surface area contributed by atoms with Gasteiger partial charge in [0.1, 0.15) is 0 Å². The van der Waals surface area contributed by atoms with Crippen LogP contribution in [0.3, 0.4) is 0 Å². The Morgan fingerprint density at radius 2 is 1.74 bits per heavy atom. The molecule has 5 heteroatoms. The lowest BCUT2D eigenvalue weighted by atomic mass is 10.00. The minimum absolute atomic E-state index is 0.375. The van der Waals surface area contributed by atoms with E-state index in [1.807, 2.05) is 0 Å². The fourth-order valence-electron chi connectivity index (χ4n) is 4.32. The van der Waals surface area contributed by atoms with Crippen molar-refractivity contribution in [3.63, 3.8) is 0 Å². The minimum Gasteiger partial charge on any atom is -0.340 e. The first-order valence-corrected chi connectivity index (χ1v) is 9.66. The van der Waals surface area contributed by atoms with Crippen LogP contribution in [0.5, 0.6) is 0 Å². The molecule has 3 aliphatic heterocycles. The third kappa shape index (κ3) is 4.91. The monoisotopic (exact) mass is 322 g/mol. The van der Waals surface area contributed by atoms with Crippen molar-refractivity contribution in [2.75, 3.05) is 52.9 Å². The van der Waals surface area contributed by atoms with Crippen LogP contribution < -0.4 is 5.32 Å². The number of hydrogen-bond acceptors (Lipinski definition) is 4. The molecule has 0 aromatic rings. The summed E-state index contributed by atoms with van der Waals surface area (Å²) < 4.78 is 0. The summed E-state index contributed by atoms with van der Waals surface area (Å²) in [5.74, 6) is 0.375. The van der Waals surface area contributed by atoms with E-state index in [9.17, 15) is 4.79 Å². The molecule has 0 spiro atoms. The van der Waals surface area contributed by atoms with Gasteiger partial charge in [0.15, 0.2) is 0 Å². The summed E-state index contributed by atoms with van der Waals surface area (Å²) in [5, 5.41) is 3.55. The number of nitrogens with zero attached hydrogens (tertiary/aromatic N) is 3. The van der Waals surface area contributed by atoms with Crippen LogP contribution in [-0.4, -0.2) is 85.6 Å². The summed E-state index contributed by atoms with van der Waals surface area (Å²) in [5.41, 5.74) is 0. The average Bonchev–Trinajstić information content (AvgIpc) is 2.61. The predicted octanol–water partition coefficient (Wildman–Crippen LogP) is 1.15. The zero-order chi connectivity index (χ0) is 16.1. The molecule has 3 fully saturated rings. The van der Waals surface area contributed by atoms with Crippen LogP contribution in [-0.2, 0) is 4.79 Å². The van der Waals surface area contributed by atoms with Gasteiger partial charge in [0, 0.05) is 44.7 Å². The second-order valence-electron chi connectivity index (χ2n) is 7.64. The van der Waals surface area contributed by atoms with E-state index in [1.165, 1.54) is 45.2 Å². The molecule has 5 nitrogen and oxygen atoms in total. The molecule has 3 saturated heterocycles. The lowest BCUT2D eigenvalue weighted by molar-refractivity contribution is -0.133. The summed E-state index contributed by atoms with van der Waals surface area (Å²) in [4.78, 5) is 19.6. The van der Waals surface area contributed by atoms with Crippen molar-refractivity contribution in [1.29, 1.82) is 0 Å². The fourth-order valence-corrected chi connectivity index (χ4v) is 4.32. The molecular weight excluding hydrogens is 288 g/mol. The van der Waals surface area contributed by atoms with Crippen molar-refractivity contribution in [3.05, 3.63) is 0 Å². The normalized spacial score (nSPS) is 28.9. The Kier molecular flexibility index (Phi) is 6.31. The first kappa shape index (κ1) is 17.2. The molecule has 3 rings (SSSR count). The average molecular weight is 322 g/mol. The highest BCUT2D eigenvalue weighted by atomic mass is 16.2. The van der Waals surface area contributed by atoms with Crippen LogP contribution in [0.2, 0.25) is 0 Å². The zero-order valence-electron chi connectivity index (χ0n) is 14.8. The second kappa shape index (κ2) is 8.45. The molecule has 132 valence electrons. The van der Waals surface area contributed by atoms with Crippen molar-refractivity contribution in [2.24, 2.45) is 0 Å². The van der Waals surface area contributed by atoms with Gasteiger partial charge < -0.3 is 15.1 Å². The van der Waals surface area contributed by atoms with Crippen molar-refractivity contribution >= 4 is 5.91 Å². The maximum absolute atomic E-state index is 12.4. The van der Waals surface area contributed by atoms with Crippen LogP contribution in [0.1, 0.15) is 44.9 Å². The topological polar surface area (TPSA) is 38.8 Å². The summed E-state index contributed by atoms with van der Waals surface area (Å²) in [6.45, 7) is 7.58. The Bertz CT molecular complexity index is 367. The summed E-state index contributed by atoms with van der Waals surface area (Å²) >= 11 is 0. The van der Waals surface area contributed by atoms with E-state index in [0.29, 0.717) is 11.9 Å². The Balaban J connectivity index is 1.35. The largest absolute Gasteiger partial charge is 0.340 e. The molecule has 0 saturated carbocycles. The van der Waals surface area contributed by atoms with Crippen molar-refractivity contribution in [2.45, 2.75) is 57.0 Å². The van der Waals surface area contributed by atoms with E-state index in [1.54, 1.807) is 0 Å². The van der Waals surface area contributed by atoms with E-state index in [4.69, 9.17) is 0 Å². The lowest BCUT2D eigenvalue weighted by Gasteiger charge is -2.42. The van der Waals surface area contributed by atoms with Crippen molar-refractivity contribution in [1.82, 2.24) is 20.0 Å². The van der Waals surface area contributed by atoms with Crippen LogP contribution in [0.4, 0.5) is 0 Å². The van der Waals surface area contributed by atoms with Crippen molar-refractivity contribution in [3.8, 4) is 0 Å². The molecule has 0 aromatic carbocycles. The van der Waals surface area contributed by atoms with Gasteiger partial charge in [0.05, 0.1) is 0 Å². The van der Waals surface area contributed by atoms with E-state index >= 15 is 0 Å². The molecule has 1 atom stereocenters. The second-order valence-corrected chi connectivity index (χ2v) is 7.64. The number of nitrogens with one attached hydrogen (secondary N) is 1. The third-order valence-corrected chi connectivity index (χ3v) is 5.99. The van der Waals surface area contributed by atoms with Gasteiger partial charge >= 0.3 is 0 Å². The number of rotatable bonds is 4. The maximum Gasteiger partial charge on any atom is 0.222 e. The number of hydrogen-bond donors (Lipinski definition) is 1. The van der Waals surface area contributed by atoms with Crippen LogP contribution in [0, 0.1) is 0 Å². The van der Waals surface area contributed by atoms with E-state index in [2.05, 4.69) is 27.1 Å². The van der Waals surface area contributed by atoms with Gasteiger partial charge in [-0.05, 0) is 58.8 Å². The van der Waals surface area contributed by atoms with Gasteiger partial charge in [-0.3, -0.25) is 9.69 Å². The Morgan fingerprint density at radius 1 is 1.00 bits per heavy atom. The molecule has 0 radical (unpaired) electrons. The number of piperazine rings is 1. The highest BCUT2D eigenvalue weighted by molar-refractivity contribution is 5.76. The number of piperidine rings is 2. The number of carbonyl (C=O) groups is 1. The number of amides is 1. The number of carbonyl (C=O) groups excluding carboxylic acids is 1. The zero-order valence-corrected chi connectivity index (χ0v) is 14.8. The maximum atomic E-state index is 12.4. The standard InChI is InChI=1S/C18H34N4O/c1-20-10-7-17(8-11-20)21-12-14-22(15-13-21)18(23)6-5-16-4-2-3-9-19-16/h16-17,19H,2-15H2,1H3. The summed E-state index contributed by atoms with van der Waals surface area (Å²) in [7, 11) is 2.22. The molecule has 1 amide bonds. The SMILES string of the molecule is CN1CCC(N2CCN(C(=O)CCC3CCCCN3)CC2)CC1. The molecule has 0 aromatic heterocycles. The van der Waals surface area contributed by atoms with Gasteiger partial charge in [-0.2, -0.15) is 0 Å².